The van der Waals surface area contributed by atoms with Crippen molar-refractivity contribution in [3.8, 4) is 34.3 Å². The average molecular weight is 1520 g/mol. The number of amides is 7. The number of nitrogens with one attached hydrogen (secondary N) is 3. The van der Waals surface area contributed by atoms with E-state index in [9.17, 15) is 50.3 Å². The molecule has 6 aliphatic heterocycles. The average Bonchev–Trinajstić information content (AvgIpc) is 1.65. The first-order valence-electron chi connectivity index (χ1n) is 34.1. The van der Waals surface area contributed by atoms with Crippen molar-refractivity contribution in [1.29, 1.82) is 0 Å². The van der Waals surface area contributed by atoms with Crippen LogP contribution in [0.2, 0.25) is 10.0 Å². The molecule has 6 fully saturated rings. The van der Waals surface area contributed by atoms with Gasteiger partial charge in [0.2, 0.25) is 11.8 Å². The highest BCUT2D eigenvalue weighted by molar-refractivity contribution is 6.31. The molecular formula is C71H84Cl4F6N14O8. The first-order chi connectivity index (χ1) is 48.3. The zero-order valence-corrected chi connectivity index (χ0v) is 60.8. The van der Waals surface area contributed by atoms with Gasteiger partial charge in [0.1, 0.15) is 5.60 Å². The Kier molecular flexibility index (Phi) is 26.1. The summed E-state index contributed by atoms with van der Waals surface area (Å²) in [5.74, 6) is 0.923. The SMILES string of the molecule is CCOc1ncccc1-c1ccc(N2CCN3C(=O)N(c4ccc(Cl)cc4C(F)(F)F)C[C@@H]3C2)c(C(=O)NCCC2CCN(C(=O)OC(C)(C)C)CC2)n1.CCOc1ncccc1-c1ccc(N2CCN3C(=O)N(c4ccc(Cl)cc4C(F)(F)F)C[C@@H]3C2)c(C(=O)NCCC2CCNCC2)n1.Cl.Cl. The van der Waals surface area contributed by atoms with Crippen LogP contribution >= 0.6 is 48.0 Å². The summed E-state index contributed by atoms with van der Waals surface area (Å²) in [5.41, 5.74) is 0.817. The highest BCUT2D eigenvalue weighted by Gasteiger charge is 2.47. The Morgan fingerprint density at radius 3 is 1.39 bits per heavy atom. The Balaban J connectivity index is 0.000000237. The van der Waals surface area contributed by atoms with E-state index in [1.54, 1.807) is 51.4 Å². The number of nitrogens with zero attached hydrogens (tertiary/aromatic N) is 11. The van der Waals surface area contributed by atoms with Gasteiger partial charge in [-0.05, 0) is 183 Å². The minimum Gasteiger partial charge on any atom is -0.477 e. The number of likely N-dealkylation sites (tertiary alicyclic amines) is 1. The highest BCUT2D eigenvalue weighted by Crippen LogP contribution is 2.43. The zero-order chi connectivity index (χ0) is 71.9. The molecule has 0 saturated carbocycles. The molecule has 556 valence electrons. The van der Waals surface area contributed by atoms with Crippen LogP contribution in [0, 0.1) is 11.8 Å². The van der Waals surface area contributed by atoms with E-state index in [2.05, 4.69) is 25.9 Å². The number of carbonyl (C=O) groups is 5. The Bertz CT molecular complexity index is 4000. The second kappa shape index (κ2) is 34.1. The van der Waals surface area contributed by atoms with Crippen molar-refractivity contribution >= 4 is 101 Å². The fourth-order valence-corrected chi connectivity index (χ4v) is 14.1. The summed E-state index contributed by atoms with van der Waals surface area (Å²) in [5, 5.41) is 9.33. The lowest BCUT2D eigenvalue weighted by molar-refractivity contribution is -0.137. The van der Waals surface area contributed by atoms with Gasteiger partial charge in [-0.1, -0.05) is 23.2 Å². The summed E-state index contributed by atoms with van der Waals surface area (Å²) in [6.07, 6.45) is -1.18. The normalized spacial score (nSPS) is 18.1. The Labute approximate surface area is 616 Å². The van der Waals surface area contributed by atoms with Crippen molar-refractivity contribution in [2.45, 2.75) is 103 Å². The van der Waals surface area contributed by atoms with Gasteiger partial charge in [-0.3, -0.25) is 19.4 Å². The molecule has 32 heteroatoms. The van der Waals surface area contributed by atoms with Crippen LogP contribution < -0.4 is 45.0 Å². The first-order valence-corrected chi connectivity index (χ1v) is 34.9. The fraction of sp³-hybridized carbons (Fsp3) is 0.479. The van der Waals surface area contributed by atoms with Crippen LogP contribution in [0.25, 0.3) is 22.5 Å². The number of piperazine rings is 2. The second-order valence-electron chi connectivity index (χ2n) is 26.6. The Hall–Kier alpha value is -8.31. The maximum Gasteiger partial charge on any atom is 0.418 e. The maximum atomic E-state index is 14.0. The highest BCUT2D eigenvalue weighted by atomic mass is 35.5. The first kappa shape index (κ1) is 78.8. The van der Waals surface area contributed by atoms with E-state index in [4.69, 9.17) is 47.4 Å². The number of fused-ring (bicyclic) bond motifs is 2. The molecule has 6 aromatic rings. The largest absolute Gasteiger partial charge is 0.477 e. The summed E-state index contributed by atoms with van der Waals surface area (Å²) in [4.78, 5) is 96.6. The lowest BCUT2D eigenvalue weighted by Gasteiger charge is -2.38. The molecule has 12 rings (SSSR count). The van der Waals surface area contributed by atoms with Gasteiger partial charge in [0.25, 0.3) is 11.8 Å². The summed E-state index contributed by atoms with van der Waals surface area (Å²) >= 11 is 11.8. The molecule has 0 bridgehead atoms. The molecule has 22 nitrogen and oxygen atoms in total. The number of hydrogen-bond donors (Lipinski definition) is 3. The van der Waals surface area contributed by atoms with Crippen LogP contribution in [0.5, 0.6) is 11.8 Å². The van der Waals surface area contributed by atoms with Gasteiger partial charge in [-0.25, -0.2) is 34.3 Å². The number of aromatic nitrogens is 4. The predicted octanol–water partition coefficient (Wildman–Crippen LogP) is 13.4. The third-order valence-corrected chi connectivity index (χ3v) is 19.2. The quantitative estimate of drug-likeness (QED) is 0.0681. The van der Waals surface area contributed by atoms with Gasteiger partial charge in [0.05, 0.1) is 81.7 Å². The van der Waals surface area contributed by atoms with Crippen molar-refractivity contribution in [2.24, 2.45) is 11.8 Å². The minimum atomic E-state index is -4.71. The third kappa shape index (κ3) is 18.8. The number of carbonyl (C=O) groups excluding carboxylic acids is 5. The predicted molar refractivity (Wildman–Crippen MR) is 386 cm³/mol. The van der Waals surface area contributed by atoms with Gasteiger partial charge in [0.15, 0.2) is 11.4 Å². The van der Waals surface area contributed by atoms with Crippen LogP contribution in [0.1, 0.15) is 105 Å². The molecule has 2 aromatic carbocycles. The van der Waals surface area contributed by atoms with E-state index in [0.29, 0.717) is 123 Å². The van der Waals surface area contributed by atoms with Gasteiger partial charge in [-0.2, -0.15) is 26.3 Å². The van der Waals surface area contributed by atoms with Crippen LogP contribution in [-0.2, 0) is 17.1 Å². The van der Waals surface area contributed by atoms with Gasteiger partial charge >= 0.3 is 30.5 Å². The molecule has 0 spiro atoms. The number of piperidine rings is 2. The summed E-state index contributed by atoms with van der Waals surface area (Å²) < 4.78 is 101. The molecule has 103 heavy (non-hydrogen) atoms. The van der Waals surface area contributed by atoms with Crippen LogP contribution in [0.4, 0.5) is 63.5 Å². The zero-order valence-electron chi connectivity index (χ0n) is 57.6. The Morgan fingerprint density at radius 1 is 0.563 bits per heavy atom. The van der Waals surface area contributed by atoms with Crippen molar-refractivity contribution in [3.05, 3.63) is 130 Å². The van der Waals surface area contributed by atoms with E-state index in [0.717, 1.165) is 62.2 Å². The van der Waals surface area contributed by atoms with Gasteiger partial charge in [0, 0.05) is 101 Å². The van der Waals surface area contributed by atoms with Crippen molar-refractivity contribution in [1.82, 2.24) is 50.6 Å². The van der Waals surface area contributed by atoms with Crippen molar-refractivity contribution in [2.75, 3.05) is 124 Å². The van der Waals surface area contributed by atoms with E-state index >= 15 is 0 Å². The number of halogens is 10. The summed E-state index contributed by atoms with van der Waals surface area (Å²) in [6, 6.07) is 19.4. The molecule has 10 heterocycles. The summed E-state index contributed by atoms with van der Waals surface area (Å²) in [6.45, 7) is 15.9. The number of pyridine rings is 4. The molecule has 0 aliphatic carbocycles. The topological polar surface area (TPSA) is 223 Å². The Morgan fingerprint density at radius 2 is 0.981 bits per heavy atom. The smallest absolute Gasteiger partial charge is 0.418 e. The number of rotatable bonds is 18. The van der Waals surface area contributed by atoms with Crippen molar-refractivity contribution in [3.63, 3.8) is 0 Å². The number of alkyl halides is 6. The molecule has 6 saturated heterocycles. The van der Waals surface area contributed by atoms with E-state index < -0.39 is 53.2 Å². The molecule has 2 atom stereocenters. The maximum absolute atomic E-state index is 14.0. The monoisotopic (exact) mass is 1510 g/mol. The van der Waals surface area contributed by atoms with Gasteiger partial charge in [-0.15, -0.1) is 24.8 Å². The van der Waals surface area contributed by atoms with Crippen LogP contribution in [-0.4, -0.2) is 187 Å². The lowest BCUT2D eigenvalue weighted by Crippen LogP contribution is -2.52. The number of urea groups is 2. The number of hydrogen-bond acceptors (Lipinski definition) is 15. The minimum absolute atomic E-state index is 0. The molecule has 0 radical (unpaired) electrons. The van der Waals surface area contributed by atoms with E-state index in [1.807, 2.05) is 68.7 Å². The fourth-order valence-electron chi connectivity index (χ4n) is 13.8. The van der Waals surface area contributed by atoms with Crippen LogP contribution in [0.3, 0.4) is 0 Å². The van der Waals surface area contributed by atoms with E-state index in [-0.39, 0.29) is 108 Å². The third-order valence-electron chi connectivity index (χ3n) is 18.7. The van der Waals surface area contributed by atoms with Crippen LogP contribution in [0.15, 0.2) is 97.3 Å². The number of benzene rings is 2. The molecule has 7 amide bonds. The standard InChI is InChI=1S/C38H45ClF3N7O5.C33H37ClF3N7O3.2ClH/c1-5-53-34-27(7-6-15-44-34)29-9-11-31(32(45-29)33(50)43-16-12-24-13-17-46(18-14-24)36(52)54-37(2,3)4)47-19-20-48-26(22-47)23-49(35(48)51)30-10-8-25(39)21-28(30)38(40,41)42;1-2-47-31-24(4-3-12-40-31)26-6-8-28(29(41-26)30(45)39-15-11-21-9-13-38-14-10-21)42-16-17-43-23(19-42)20-44(32(43)46)27-7-5-22(34)18-25(27)33(35,36)37;;/h6-11,15,21,24,26H,5,12-14,16-20,22-23H2,1-4H3,(H,43,50);3-8,12,18,21,23,38H,2,9-11,13-17,19-20H2,1H3,(H,39,45);2*1H/t26-;23-;;/m00../s1. The molecule has 3 N–H and O–H groups in total. The molecule has 6 aliphatic rings. The summed E-state index contributed by atoms with van der Waals surface area (Å²) in [7, 11) is 0. The molecule has 4 aromatic heterocycles. The van der Waals surface area contributed by atoms with Crippen molar-refractivity contribution < 1.29 is 64.5 Å². The number of anilines is 4. The molecule has 0 unspecified atom stereocenters. The lowest BCUT2D eigenvalue weighted by atomic mass is 9.94. The molecular weight excluding hydrogens is 1430 g/mol. The van der Waals surface area contributed by atoms with E-state index in [1.165, 1.54) is 29.2 Å². The number of ether oxygens (including phenoxy) is 3. The second-order valence-corrected chi connectivity index (χ2v) is 27.5. The van der Waals surface area contributed by atoms with Gasteiger partial charge < -0.3 is 54.7 Å².